The molecule has 3 rings (SSSR count). The van der Waals surface area contributed by atoms with E-state index < -0.39 is 11.9 Å². The second-order valence-electron chi connectivity index (χ2n) is 6.27. The fourth-order valence-electron chi connectivity index (χ4n) is 3.52. The fourth-order valence-corrected chi connectivity index (χ4v) is 3.52. The fraction of sp³-hybridized carbons (Fsp3) is 0.350. The second kappa shape index (κ2) is 9.62. The predicted molar refractivity (Wildman–Crippen MR) is 96.7 cm³/mol. The lowest BCUT2D eigenvalue weighted by Crippen LogP contribution is -2.25. The smallest absolute Gasteiger partial charge is 0.349 e. The predicted octanol–water partition coefficient (Wildman–Crippen LogP) is 4.78. The Morgan fingerprint density at radius 2 is 1.64 bits per heavy atom. The molecular weight excluding hydrogens is 331 g/mol. The van der Waals surface area contributed by atoms with Crippen LogP contribution in [0, 0.1) is 5.92 Å². The van der Waals surface area contributed by atoms with Crippen molar-refractivity contribution in [2.75, 3.05) is 0 Å². The topological polar surface area (TPSA) is 55.8 Å². The van der Waals surface area contributed by atoms with E-state index in [1.807, 2.05) is 54.6 Å². The molecule has 1 N–H and O–H groups in total. The highest BCUT2D eigenvalue weighted by Crippen LogP contribution is 2.38. The summed E-state index contributed by atoms with van der Waals surface area (Å²) in [7, 11) is 0. The molecule has 4 nitrogen and oxygen atoms in total. The van der Waals surface area contributed by atoms with Gasteiger partial charge in [-0.15, -0.1) is 0 Å². The molecule has 1 saturated carbocycles. The maximum atomic E-state index is 12.2. The van der Waals surface area contributed by atoms with Crippen LogP contribution in [0.4, 0.5) is 0 Å². The van der Waals surface area contributed by atoms with E-state index in [9.17, 15) is 4.79 Å². The molecule has 0 saturated heterocycles. The first kappa shape index (κ1) is 19.5. The van der Waals surface area contributed by atoms with Gasteiger partial charge in [0.2, 0.25) is 0 Å². The number of carbonyl (C=O) groups excluding carboxylic acids is 1. The highest BCUT2D eigenvalue weighted by atomic mass is 27.0. The molecule has 1 fully saturated rings. The average Bonchev–Trinajstić information content (AvgIpc) is 2.64. The van der Waals surface area contributed by atoms with E-state index in [1.165, 1.54) is 6.42 Å². The van der Waals surface area contributed by atoms with Crippen molar-refractivity contribution in [2.24, 2.45) is 5.92 Å². The molecule has 0 heterocycles. The van der Waals surface area contributed by atoms with Gasteiger partial charge >= 0.3 is 5.97 Å². The molecule has 0 spiro atoms. The summed E-state index contributed by atoms with van der Waals surface area (Å²) in [6, 6.07) is 17.0. The molecule has 0 aromatic heterocycles. The van der Waals surface area contributed by atoms with Crippen LogP contribution in [0.2, 0.25) is 0 Å². The summed E-state index contributed by atoms with van der Waals surface area (Å²) in [5.74, 6) is 0.581. The van der Waals surface area contributed by atoms with E-state index in [0.717, 1.165) is 37.0 Å². The summed E-state index contributed by atoms with van der Waals surface area (Å²) < 4.78 is 5.86. The van der Waals surface area contributed by atoms with Crippen LogP contribution in [0.1, 0.15) is 43.6 Å². The Labute approximate surface area is 158 Å². The van der Waals surface area contributed by atoms with Crippen molar-refractivity contribution in [3.63, 3.8) is 0 Å². The van der Waals surface area contributed by atoms with Crippen molar-refractivity contribution >= 4 is 23.3 Å². The first-order chi connectivity index (χ1) is 11.8. The van der Waals surface area contributed by atoms with E-state index in [1.54, 1.807) is 0 Å². The van der Waals surface area contributed by atoms with Crippen molar-refractivity contribution in [2.45, 2.75) is 38.0 Å². The largest absolute Gasteiger partial charge is 0.457 e. The van der Waals surface area contributed by atoms with E-state index in [4.69, 9.17) is 9.99 Å². The lowest BCUT2D eigenvalue weighted by molar-refractivity contribution is -0.237. The first-order valence-electron chi connectivity index (χ1n) is 8.46. The minimum Gasteiger partial charge on any atom is -0.457 e. The van der Waals surface area contributed by atoms with E-state index >= 15 is 0 Å². The molecule has 3 radical (unpaired) electrons. The van der Waals surface area contributed by atoms with Gasteiger partial charge in [-0.3, -0.25) is 0 Å². The number of hydrogen-bond donors (Lipinski definition) is 1. The Hall–Kier alpha value is -1.80. The van der Waals surface area contributed by atoms with Gasteiger partial charge in [0.25, 0.3) is 0 Å². The van der Waals surface area contributed by atoms with Crippen molar-refractivity contribution in [3.8, 4) is 11.5 Å². The summed E-state index contributed by atoms with van der Waals surface area (Å²) in [6.07, 6.45) is 5.38. The Morgan fingerprint density at radius 3 is 2.32 bits per heavy atom. The Bertz CT molecular complexity index is 668. The van der Waals surface area contributed by atoms with Crippen molar-refractivity contribution in [1.82, 2.24) is 0 Å². The van der Waals surface area contributed by atoms with Crippen LogP contribution in [0.15, 0.2) is 54.6 Å². The number of carbonyl (C=O) groups is 1. The standard InChI is InChI=1S/C20H22O4.Al/c21-20(24-22)19(15-8-3-1-4-9-15)16-10-7-13-18(14-16)23-17-11-5-2-6-12-17;/h2,5-7,10-15,19,22H,1,3-4,8-9H2;. The van der Waals surface area contributed by atoms with Gasteiger partial charge in [-0.1, -0.05) is 49.6 Å². The molecule has 25 heavy (non-hydrogen) atoms. The van der Waals surface area contributed by atoms with E-state index in [-0.39, 0.29) is 23.3 Å². The highest BCUT2D eigenvalue weighted by molar-refractivity contribution is 5.78. The summed E-state index contributed by atoms with van der Waals surface area (Å²) in [5, 5.41) is 8.92. The number of hydrogen-bond acceptors (Lipinski definition) is 4. The lowest BCUT2D eigenvalue weighted by Gasteiger charge is -2.28. The van der Waals surface area contributed by atoms with Gasteiger partial charge in [0.05, 0.1) is 5.92 Å². The van der Waals surface area contributed by atoms with Gasteiger partial charge in [0, 0.05) is 17.4 Å². The van der Waals surface area contributed by atoms with Gasteiger partial charge in [-0.05, 0) is 48.6 Å². The quantitative estimate of drug-likeness (QED) is 0.477. The van der Waals surface area contributed by atoms with Gasteiger partial charge in [-0.25, -0.2) is 4.79 Å². The molecule has 0 aliphatic heterocycles. The number of benzene rings is 2. The molecule has 1 atom stereocenters. The Morgan fingerprint density at radius 1 is 0.960 bits per heavy atom. The molecule has 1 aliphatic carbocycles. The number of para-hydroxylation sites is 1. The summed E-state index contributed by atoms with van der Waals surface area (Å²) >= 11 is 0. The zero-order chi connectivity index (χ0) is 16.8. The zero-order valence-corrected chi connectivity index (χ0v) is 15.3. The van der Waals surface area contributed by atoms with Crippen molar-refractivity contribution in [3.05, 3.63) is 60.2 Å². The van der Waals surface area contributed by atoms with Crippen molar-refractivity contribution in [1.29, 1.82) is 0 Å². The summed E-state index contributed by atoms with van der Waals surface area (Å²) in [6.45, 7) is 0. The maximum absolute atomic E-state index is 12.2. The van der Waals surface area contributed by atoms with Gasteiger partial charge < -0.3 is 9.62 Å². The van der Waals surface area contributed by atoms with Crippen LogP contribution in [0.3, 0.4) is 0 Å². The van der Waals surface area contributed by atoms with E-state index in [0.29, 0.717) is 5.75 Å². The molecule has 1 unspecified atom stereocenters. The van der Waals surface area contributed by atoms with Crippen molar-refractivity contribution < 1.29 is 19.7 Å². The third-order valence-electron chi connectivity index (χ3n) is 4.66. The molecule has 2 aromatic rings. The normalized spacial score (nSPS) is 15.7. The number of ether oxygens (including phenoxy) is 1. The third-order valence-corrected chi connectivity index (χ3v) is 4.66. The minimum absolute atomic E-state index is 0. The highest BCUT2D eigenvalue weighted by Gasteiger charge is 2.32. The minimum atomic E-state index is -0.584. The van der Waals surface area contributed by atoms with Crippen LogP contribution in [0.5, 0.6) is 11.5 Å². The lowest BCUT2D eigenvalue weighted by atomic mass is 9.77. The summed E-state index contributed by atoms with van der Waals surface area (Å²) in [5.41, 5.74) is 0.828. The van der Waals surface area contributed by atoms with Crippen LogP contribution in [0.25, 0.3) is 0 Å². The Kier molecular flexibility index (Phi) is 7.52. The molecule has 1 aliphatic rings. The van der Waals surface area contributed by atoms with E-state index in [2.05, 4.69) is 4.89 Å². The van der Waals surface area contributed by atoms with Gasteiger partial charge in [0.1, 0.15) is 11.5 Å². The SMILES string of the molecule is O=C(OO)C(c1cccc(Oc2ccccc2)c1)C1CCCCC1.[Al]. The first-order valence-corrected chi connectivity index (χ1v) is 8.46. The Balaban J connectivity index is 0.00000225. The molecule has 129 valence electrons. The van der Waals surface area contributed by atoms with Gasteiger partial charge in [0.15, 0.2) is 0 Å². The van der Waals surface area contributed by atoms with Crippen LogP contribution >= 0.6 is 0 Å². The molecule has 0 bridgehead atoms. The average molecular weight is 353 g/mol. The molecule has 0 amide bonds. The molecule has 2 aromatic carbocycles. The third kappa shape index (κ3) is 5.09. The van der Waals surface area contributed by atoms with Crippen LogP contribution < -0.4 is 4.74 Å². The van der Waals surface area contributed by atoms with Crippen LogP contribution in [-0.2, 0) is 9.68 Å². The van der Waals surface area contributed by atoms with Gasteiger partial charge in [-0.2, -0.15) is 5.26 Å². The zero-order valence-electron chi connectivity index (χ0n) is 14.1. The molecular formula is C20H22AlO4. The monoisotopic (exact) mass is 353 g/mol. The maximum Gasteiger partial charge on any atom is 0.349 e. The van der Waals surface area contributed by atoms with Crippen LogP contribution in [-0.4, -0.2) is 28.6 Å². The number of rotatable bonds is 5. The molecule has 5 heteroatoms. The summed E-state index contributed by atoms with van der Waals surface area (Å²) in [4.78, 5) is 16.3. The second-order valence-corrected chi connectivity index (χ2v) is 6.27.